The topological polar surface area (TPSA) is 36.1 Å². The molecule has 3 nitrogen and oxygen atoms in total. The Morgan fingerprint density at radius 2 is 0.778 bits per heavy atom. The summed E-state index contributed by atoms with van der Waals surface area (Å²) in [6.45, 7) is 21.1. The van der Waals surface area contributed by atoms with Gasteiger partial charge in [-0.2, -0.15) is 0 Å². The minimum Gasteiger partial charge on any atom is -0.317 e. The second-order valence-corrected chi connectivity index (χ2v) is 9.75. The Balaban J connectivity index is 3.15. The molecule has 164 valence electrons. The molecule has 0 saturated heterocycles. The molecule has 3 heteroatoms. The highest BCUT2D eigenvalue weighted by Crippen LogP contribution is 2.10. The van der Waals surface area contributed by atoms with E-state index in [1.165, 1.54) is 90.6 Å². The maximum atomic E-state index is 3.62. The lowest BCUT2D eigenvalue weighted by molar-refractivity contribution is 0.410. The number of unbranched alkanes of at least 4 members (excludes halogenated alkanes) is 4. The maximum absolute atomic E-state index is 3.62. The van der Waals surface area contributed by atoms with Crippen LogP contribution in [0.25, 0.3) is 0 Å². The molecule has 27 heavy (non-hydrogen) atoms. The molecular weight excluding hydrogens is 330 g/mol. The Hall–Kier alpha value is -0.120. The van der Waals surface area contributed by atoms with Gasteiger partial charge >= 0.3 is 0 Å². The molecule has 0 amide bonds. The fourth-order valence-corrected chi connectivity index (χ4v) is 3.95. The Morgan fingerprint density at radius 3 is 1.11 bits per heavy atom. The highest BCUT2D eigenvalue weighted by atomic mass is 14.9. The molecule has 3 N–H and O–H groups in total. The highest BCUT2D eigenvalue weighted by molar-refractivity contribution is 4.61. The first-order chi connectivity index (χ1) is 12.9. The molecule has 0 spiro atoms. The first-order valence-corrected chi connectivity index (χ1v) is 12.0. The van der Waals surface area contributed by atoms with E-state index in [2.05, 4.69) is 57.5 Å². The molecule has 0 aliphatic heterocycles. The standard InChI is InChI=1S/C24H53N3/c1-21(2)17-23(5)19-26-15-11-7-9-13-25-14-10-8-12-16-27-20-24(6)18-22(3)4/h21-27H,7-20H2,1-6H3. The molecule has 2 unspecified atom stereocenters. The zero-order valence-electron chi connectivity index (χ0n) is 19.7. The third kappa shape index (κ3) is 22.0. The summed E-state index contributed by atoms with van der Waals surface area (Å²) >= 11 is 0. The van der Waals surface area contributed by atoms with E-state index in [9.17, 15) is 0 Å². The minimum absolute atomic E-state index is 0.810. The van der Waals surface area contributed by atoms with Crippen LogP contribution in [0.4, 0.5) is 0 Å². The Bertz CT molecular complexity index is 263. The number of hydrogen-bond donors (Lipinski definition) is 3. The fourth-order valence-electron chi connectivity index (χ4n) is 3.95. The fraction of sp³-hybridized carbons (Fsp3) is 1.00. The molecule has 0 aliphatic rings. The maximum Gasteiger partial charge on any atom is -0.00231 e. The van der Waals surface area contributed by atoms with Crippen LogP contribution in [0.15, 0.2) is 0 Å². The zero-order chi connectivity index (χ0) is 20.3. The van der Waals surface area contributed by atoms with E-state index in [4.69, 9.17) is 0 Å². The highest BCUT2D eigenvalue weighted by Gasteiger charge is 2.04. The van der Waals surface area contributed by atoms with E-state index in [0.717, 1.165) is 23.7 Å². The van der Waals surface area contributed by atoms with Crippen molar-refractivity contribution in [3.05, 3.63) is 0 Å². The zero-order valence-corrected chi connectivity index (χ0v) is 19.7. The van der Waals surface area contributed by atoms with Gasteiger partial charge in [0.05, 0.1) is 0 Å². The van der Waals surface area contributed by atoms with Crippen molar-refractivity contribution in [1.29, 1.82) is 0 Å². The first kappa shape index (κ1) is 26.9. The first-order valence-electron chi connectivity index (χ1n) is 12.0. The average Bonchev–Trinajstić information content (AvgIpc) is 2.57. The molecular formula is C24H53N3. The summed E-state index contributed by atoms with van der Waals surface area (Å²) in [5.41, 5.74) is 0. The molecule has 0 aromatic carbocycles. The predicted octanol–water partition coefficient (Wildman–Crippen LogP) is 5.46. The van der Waals surface area contributed by atoms with E-state index < -0.39 is 0 Å². The van der Waals surface area contributed by atoms with Crippen LogP contribution in [0.5, 0.6) is 0 Å². The van der Waals surface area contributed by atoms with Crippen molar-refractivity contribution >= 4 is 0 Å². The van der Waals surface area contributed by atoms with Crippen molar-refractivity contribution < 1.29 is 0 Å². The van der Waals surface area contributed by atoms with Gasteiger partial charge in [-0.1, -0.05) is 54.4 Å². The largest absolute Gasteiger partial charge is 0.317 e. The third-order valence-corrected chi connectivity index (χ3v) is 5.15. The van der Waals surface area contributed by atoms with Crippen LogP contribution in [-0.4, -0.2) is 39.3 Å². The Morgan fingerprint density at radius 1 is 0.444 bits per heavy atom. The quantitative estimate of drug-likeness (QED) is 0.244. The van der Waals surface area contributed by atoms with Crippen molar-refractivity contribution in [2.45, 2.75) is 92.9 Å². The van der Waals surface area contributed by atoms with Crippen molar-refractivity contribution in [2.24, 2.45) is 23.7 Å². The lowest BCUT2D eigenvalue weighted by atomic mass is 9.99. The summed E-state index contributed by atoms with van der Waals surface area (Å²) < 4.78 is 0. The van der Waals surface area contributed by atoms with Crippen LogP contribution in [0.1, 0.15) is 92.9 Å². The third-order valence-electron chi connectivity index (χ3n) is 5.15. The van der Waals surface area contributed by atoms with E-state index in [1.807, 2.05) is 0 Å². The molecule has 0 aromatic heterocycles. The van der Waals surface area contributed by atoms with Gasteiger partial charge in [0, 0.05) is 0 Å². The Kier molecular flexibility index (Phi) is 19.1. The van der Waals surface area contributed by atoms with Crippen LogP contribution in [0, 0.1) is 23.7 Å². The van der Waals surface area contributed by atoms with Gasteiger partial charge in [0.15, 0.2) is 0 Å². The van der Waals surface area contributed by atoms with E-state index in [-0.39, 0.29) is 0 Å². The molecule has 0 radical (unpaired) electrons. The van der Waals surface area contributed by atoms with Gasteiger partial charge in [0.25, 0.3) is 0 Å². The molecule has 0 fully saturated rings. The van der Waals surface area contributed by atoms with Crippen molar-refractivity contribution in [3.63, 3.8) is 0 Å². The summed E-state index contributed by atoms with van der Waals surface area (Å²) in [5.74, 6) is 3.26. The Labute approximate surface area is 172 Å². The van der Waals surface area contributed by atoms with Gasteiger partial charge in [-0.15, -0.1) is 0 Å². The van der Waals surface area contributed by atoms with Crippen LogP contribution in [-0.2, 0) is 0 Å². The van der Waals surface area contributed by atoms with Crippen molar-refractivity contribution in [3.8, 4) is 0 Å². The lowest BCUT2D eigenvalue weighted by Gasteiger charge is -2.14. The molecule has 0 aromatic rings. The molecule has 0 bridgehead atoms. The van der Waals surface area contributed by atoms with Gasteiger partial charge in [-0.3, -0.25) is 0 Å². The van der Waals surface area contributed by atoms with Gasteiger partial charge in [-0.05, 0) is 101 Å². The number of rotatable bonds is 20. The molecule has 0 heterocycles. The summed E-state index contributed by atoms with van der Waals surface area (Å²) in [5, 5.41) is 10.8. The van der Waals surface area contributed by atoms with Gasteiger partial charge in [0.1, 0.15) is 0 Å². The van der Waals surface area contributed by atoms with E-state index in [1.54, 1.807) is 0 Å². The summed E-state index contributed by atoms with van der Waals surface area (Å²) in [6, 6.07) is 0. The van der Waals surface area contributed by atoms with Gasteiger partial charge in [-0.25, -0.2) is 0 Å². The summed E-state index contributed by atoms with van der Waals surface area (Å²) in [4.78, 5) is 0. The smallest absolute Gasteiger partial charge is 0.00231 e. The van der Waals surface area contributed by atoms with Crippen LogP contribution < -0.4 is 16.0 Å². The van der Waals surface area contributed by atoms with Crippen LogP contribution in [0.2, 0.25) is 0 Å². The van der Waals surface area contributed by atoms with Gasteiger partial charge < -0.3 is 16.0 Å². The SMILES string of the molecule is CC(C)CC(C)CNCCCCCNCCCCCNCC(C)CC(C)C. The molecule has 0 saturated carbocycles. The van der Waals surface area contributed by atoms with Crippen LogP contribution >= 0.6 is 0 Å². The summed E-state index contributed by atoms with van der Waals surface area (Å²) in [6.07, 6.45) is 10.6. The number of hydrogen-bond acceptors (Lipinski definition) is 3. The molecule has 0 rings (SSSR count). The van der Waals surface area contributed by atoms with Crippen molar-refractivity contribution in [2.75, 3.05) is 39.3 Å². The second-order valence-electron chi connectivity index (χ2n) is 9.75. The lowest BCUT2D eigenvalue weighted by Crippen LogP contribution is -2.24. The number of nitrogens with one attached hydrogen (secondary N) is 3. The van der Waals surface area contributed by atoms with Gasteiger partial charge in [0.2, 0.25) is 0 Å². The van der Waals surface area contributed by atoms with E-state index in [0.29, 0.717) is 0 Å². The van der Waals surface area contributed by atoms with Crippen LogP contribution in [0.3, 0.4) is 0 Å². The minimum atomic E-state index is 0.810. The second kappa shape index (κ2) is 19.2. The summed E-state index contributed by atoms with van der Waals surface area (Å²) in [7, 11) is 0. The predicted molar refractivity (Wildman–Crippen MR) is 124 cm³/mol. The average molecular weight is 384 g/mol. The van der Waals surface area contributed by atoms with E-state index >= 15 is 0 Å². The normalized spacial score (nSPS) is 14.2. The molecule has 2 atom stereocenters. The van der Waals surface area contributed by atoms with Crippen molar-refractivity contribution in [1.82, 2.24) is 16.0 Å². The molecule has 0 aliphatic carbocycles. The monoisotopic (exact) mass is 383 g/mol.